The molecule has 0 amide bonds. The number of nitrogens with one attached hydrogen (secondary N) is 1. The van der Waals surface area contributed by atoms with Gasteiger partial charge in [-0.05, 0) is 49.9 Å². The average Bonchev–Trinajstić information content (AvgIpc) is 2.58. The second-order valence-electron chi connectivity index (χ2n) is 9.06. The van der Waals surface area contributed by atoms with Gasteiger partial charge in [0.1, 0.15) is 12.4 Å². The fraction of sp³-hybridized carbons (Fsp3) is 0.478. The SMILES string of the molecule is COc1ccc(Br)c(CNC(C)(C)CC(C)(C)C)c1OCc1ccc(F)cc1Cl. The van der Waals surface area contributed by atoms with Gasteiger partial charge in [-0.3, -0.25) is 0 Å². The molecule has 2 aromatic carbocycles. The van der Waals surface area contributed by atoms with Crippen LogP contribution < -0.4 is 14.8 Å². The van der Waals surface area contributed by atoms with Crippen LogP contribution in [-0.2, 0) is 13.2 Å². The lowest BCUT2D eigenvalue weighted by Gasteiger charge is -2.34. The Hall–Kier alpha value is -1.30. The predicted molar refractivity (Wildman–Crippen MR) is 121 cm³/mol. The summed E-state index contributed by atoms with van der Waals surface area (Å²) in [4.78, 5) is 0. The molecule has 0 atom stereocenters. The predicted octanol–water partition coefficient (Wildman–Crippen LogP) is 7.13. The Labute approximate surface area is 187 Å². The fourth-order valence-corrected chi connectivity index (χ4v) is 4.24. The smallest absolute Gasteiger partial charge is 0.167 e. The van der Waals surface area contributed by atoms with E-state index in [-0.39, 0.29) is 23.4 Å². The van der Waals surface area contributed by atoms with E-state index in [1.54, 1.807) is 13.2 Å². The standard InChI is InChI=1S/C23H30BrClFNO2/c1-22(2,3)14-23(4,5)27-12-17-18(24)9-10-20(28-6)21(17)29-13-15-7-8-16(26)11-19(15)25/h7-11,27H,12-14H2,1-6H3. The van der Waals surface area contributed by atoms with Crippen LogP contribution in [0.4, 0.5) is 4.39 Å². The molecule has 0 aromatic heterocycles. The van der Waals surface area contributed by atoms with E-state index in [1.807, 2.05) is 12.1 Å². The summed E-state index contributed by atoms with van der Waals surface area (Å²) in [6.45, 7) is 11.9. The summed E-state index contributed by atoms with van der Waals surface area (Å²) in [5, 5.41) is 3.98. The Morgan fingerprint density at radius 3 is 2.38 bits per heavy atom. The van der Waals surface area contributed by atoms with Gasteiger partial charge in [-0.15, -0.1) is 0 Å². The second-order valence-corrected chi connectivity index (χ2v) is 10.3. The van der Waals surface area contributed by atoms with Gasteiger partial charge in [0.2, 0.25) is 0 Å². The number of hydrogen-bond acceptors (Lipinski definition) is 3. The number of ether oxygens (including phenoxy) is 2. The number of methoxy groups -OCH3 is 1. The lowest BCUT2D eigenvalue weighted by atomic mass is 9.81. The molecule has 0 bridgehead atoms. The Kier molecular flexibility index (Phi) is 8.00. The van der Waals surface area contributed by atoms with Crippen molar-refractivity contribution in [3.8, 4) is 11.5 Å². The average molecular weight is 487 g/mol. The van der Waals surface area contributed by atoms with Gasteiger partial charge in [-0.2, -0.15) is 0 Å². The third-order valence-electron chi connectivity index (χ3n) is 4.49. The molecule has 0 aliphatic rings. The van der Waals surface area contributed by atoms with E-state index in [2.05, 4.69) is 55.9 Å². The first-order valence-corrected chi connectivity index (χ1v) is 10.8. The first kappa shape index (κ1) is 24.0. The van der Waals surface area contributed by atoms with E-state index in [4.69, 9.17) is 21.1 Å². The van der Waals surface area contributed by atoms with Crippen LogP contribution in [0.25, 0.3) is 0 Å². The largest absolute Gasteiger partial charge is 0.493 e. The maximum Gasteiger partial charge on any atom is 0.167 e. The first-order chi connectivity index (χ1) is 13.4. The van der Waals surface area contributed by atoms with Gasteiger partial charge in [-0.25, -0.2) is 4.39 Å². The van der Waals surface area contributed by atoms with Gasteiger partial charge < -0.3 is 14.8 Å². The highest BCUT2D eigenvalue weighted by Gasteiger charge is 2.26. The van der Waals surface area contributed by atoms with Gasteiger partial charge in [0.25, 0.3) is 0 Å². The van der Waals surface area contributed by atoms with E-state index in [0.717, 1.165) is 16.5 Å². The summed E-state index contributed by atoms with van der Waals surface area (Å²) in [5.41, 5.74) is 1.82. The molecular formula is C23H30BrClFNO2. The number of benzene rings is 2. The Morgan fingerprint density at radius 2 is 1.79 bits per heavy atom. The van der Waals surface area contributed by atoms with E-state index >= 15 is 0 Å². The summed E-state index contributed by atoms with van der Waals surface area (Å²) >= 11 is 9.79. The number of halogens is 3. The molecule has 2 aromatic rings. The number of rotatable bonds is 8. The van der Waals surface area contributed by atoms with Crippen molar-refractivity contribution in [3.63, 3.8) is 0 Å². The minimum atomic E-state index is -0.371. The van der Waals surface area contributed by atoms with E-state index in [1.165, 1.54) is 12.1 Å². The molecule has 0 aliphatic heterocycles. The van der Waals surface area contributed by atoms with Gasteiger partial charge in [0.15, 0.2) is 11.5 Å². The van der Waals surface area contributed by atoms with Crippen molar-refractivity contribution < 1.29 is 13.9 Å². The van der Waals surface area contributed by atoms with Crippen LogP contribution in [0.15, 0.2) is 34.8 Å². The molecule has 0 spiro atoms. The lowest BCUT2D eigenvalue weighted by Crippen LogP contribution is -2.42. The van der Waals surface area contributed by atoms with Crippen molar-refractivity contribution in [1.29, 1.82) is 0 Å². The zero-order valence-electron chi connectivity index (χ0n) is 18.0. The van der Waals surface area contributed by atoms with Crippen molar-refractivity contribution in [2.45, 2.75) is 59.7 Å². The molecule has 29 heavy (non-hydrogen) atoms. The monoisotopic (exact) mass is 485 g/mol. The van der Waals surface area contributed by atoms with Crippen molar-refractivity contribution in [2.24, 2.45) is 5.41 Å². The molecule has 0 aliphatic carbocycles. The minimum absolute atomic E-state index is 0.0572. The normalized spacial score (nSPS) is 12.2. The Bertz CT molecular complexity index is 850. The molecule has 0 unspecified atom stereocenters. The highest BCUT2D eigenvalue weighted by atomic mass is 79.9. The Balaban J connectivity index is 2.25. The van der Waals surface area contributed by atoms with Gasteiger partial charge in [0.05, 0.1) is 12.1 Å². The molecule has 0 radical (unpaired) electrons. The van der Waals surface area contributed by atoms with Gasteiger partial charge in [0, 0.05) is 27.7 Å². The van der Waals surface area contributed by atoms with Gasteiger partial charge >= 0.3 is 0 Å². The quantitative estimate of drug-likeness (QED) is 0.430. The minimum Gasteiger partial charge on any atom is -0.493 e. The third kappa shape index (κ3) is 7.16. The van der Waals surface area contributed by atoms with Crippen LogP contribution >= 0.6 is 27.5 Å². The summed E-state index contributed by atoms with van der Waals surface area (Å²) in [5.74, 6) is 0.906. The van der Waals surface area contributed by atoms with Crippen LogP contribution in [0.2, 0.25) is 5.02 Å². The highest BCUT2D eigenvalue weighted by Crippen LogP contribution is 2.38. The molecule has 6 heteroatoms. The van der Waals surface area contributed by atoms with Crippen LogP contribution in [0.3, 0.4) is 0 Å². The fourth-order valence-electron chi connectivity index (χ4n) is 3.57. The van der Waals surface area contributed by atoms with Crippen LogP contribution in [0.5, 0.6) is 11.5 Å². The molecule has 0 fully saturated rings. The molecule has 160 valence electrons. The number of hydrogen-bond donors (Lipinski definition) is 1. The first-order valence-electron chi connectivity index (χ1n) is 9.59. The third-order valence-corrected chi connectivity index (χ3v) is 5.59. The zero-order valence-corrected chi connectivity index (χ0v) is 20.3. The highest BCUT2D eigenvalue weighted by molar-refractivity contribution is 9.10. The van der Waals surface area contributed by atoms with Crippen LogP contribution in [-0.4, -0.2) is 12.6 Å². The summed E-state index contributed by atoms with van der Waals surface area (Å²) in [6, 6.07) is 8.10. The van der Waals surface area contributed by atoms with Crippen LogP contribution in [0, 0.1) is 11.2 Å². The summed E-state index contributed by atoms with van der Waals surface area (Å²) < 4.78 is 25.9. The maximum atomic E-state index is 13.3. The molecular weight excluding hydrogens is 457 g/mol. The van der Waals surface area contributed by atoms with Crippen molar-refractivity contribution in [3.05, 3.63) is 56.8 Å². The molecule has 2 rings (SSSR count). The lowest BCUT2D eigenvalue weighted by molar-refractivity contribution is 0.237. The molecule has 0 saturated heterocycles. The summed E-state index contributed by atoms with van der Waals surface area (Å²) in [7, 11) is 1.61. The second kappa shape index (κ2) is 9.67. The molecule has 0 saturated carbocycles. The van der Waals surface area contributed by atoms with E-state index in [0.29, 0.717) is 28.6 Å². The van der Waals surface area contributed by atoms with E-state index < -0.39 is 0 Å². The Morgan fingerprint density at radius 1 is 1.10 bits per heavy atom. The maximum absolute atomic E-state index is 13.3. The van der Waals surface area contributed by atoms with Crippen molar-refractivity contribution in [1.82, 2.24) is 5.32 Å². The van der Waals surface area contributed by atoms with Gasteiger partial charge in [-0.1, -0.05) is 54.4 Å². The van der Waals surface area contributed by atoms with Crippen molar-refractivity contribution >= 4 is 27.5 Å². The van der Waals surface area contributed by atoms with Crippen molar-refractivity contribution in [2.75, 3.05) is 7.11 Å². The van der Waals surface area contributed by atoms with Crippen LogP contribution in [0.1, 0.15) is 52.2 Å². The topological polar surface area (TPSA) is 30.5 Å². The molecule has 0 heterocycles. The van der Waals surface area contributed by atoms with E-state index in [9.17, 15) is 4.39 Å². The molecule has 1 N–H and O–H groups in total. The summed E-state index contributed by atoms with van der Waals surface area (Å²) in [6.07, 6.45) is 1.02. The zero-order chi connectivity index (χ0) is 21.8. The molecule has 3 nitrogen and oxygen atoms in total.